The fourth-order valence-corrected chi connectivity index (χ4v) is 2.30. The topological polar surface area (TPSA) is 89.7 Å². The number of amides is 1. The third-order valence-electron chi connectivity index (χ3n) is 3.30. The number of hydrogen-bond acceptors (Lipinski definition) is 5. The van der Waals surface area contributed by atoms with E-state index in [1.54, 1.807) is 6.07 Å². The molecule has 1 atom stereocenters. The molecule has 7 nitrogen and oxygen atoms in total. The smallest absolute Gasteiger partial charge is 0.355 e. The fraction of sp³-hybridized carbons (Fsp3) is 0.250. The molecule has 0 fully saturated rings. The van der Waals surface area contributed by atoms with Crippen LogP contribution >= 0.6 is 11.6 Å². The van der Waals surface area contributed by atoms with E-state index in [0.29, 0.717) is 23.1 Å². The van der Waals surface area contributed by atoms with Gasteiger partial charge in [-0.05, 0) is 18.2 Å². The van der Waals surface area contributed by atoms with Crippen LogP contribution in [0.15, 0.2) is 36.5 Å². The minimum atomic E-state index is -0.650. The predicted molar refractivity (Wildman–Crippen MR) is 85.4 cm³/mol. The third kappa shape index (κ3) is 3.99. The number of nitrogens with one attached hydrogen (secondary N) is 2. The van der Waals surface area contributed by atoms with E-state index in [1.807, 2.05) is 18.2 Å². The van der Waals surface area contributed by atoms with Crippen LogP contribution in [0.5, 0.6) is 11.5 Å². The first-order chi connectivity index (χ1) is 11.6. The van der Waals surface area contributed by atoms with Crippen molar-refractivity contribution < 1.29 is 23.8 Å². The second kappa shape index (κ2) is 7.27. The summed E-state index contributed by atoms with van der Waals surface area (Å²) in [5.41, 5.74) is 0.188. The van der Waals surface area contributed by atoms with Crippen molar-refractivity contribution in [1.29, 1.82) is 0 Å². The number of H-pyrrole nitrogens is 1. The van der Waals surface area contributed by atoms with Crippen LogP contribution in [-0.4, -0.2) is 42.7 Å². The molecule has 1 aliphatic heterocycles. The van der Waals surface area contributed by atoms with E-state index in [0.717, 1.165) is 0 Å². The number of aromatic nitrogens is 1. The van der Waals surface area contributed by atoms with E-state index in [9.17, 15) is 9.59 Å². The Morgan fingerprint density at radius 3 is 2.88 bits per heavy atom. The van der Waals surface area contributed by atoms with Crippen molar-refractivity contribution in [2.75, 3.05) is 19.8 Å². The number of halogens is 1. The molecule has 3 rings (SSSR count). The fourth-order valence-electron chi connectivity index (χ4n) is 2.14. The molecular formula is C16H15ClN2O5. The van der Waals surface area contributed by atoms with Crippen LogP contribution in [0.1, 0.15) is 10.5 Å². The van der Waals surface area contributed by atoms with Crippen LogP contribution in [0.2, 0.25) is 5.02 Å². The Bertz CT molecular complexity index is 746. The lowest BCUT2D eigenvalue weighted by Gasteiger charge is -2.26. The molecule has 126 valence electrons. The van der Waals surface area contributed by atoms with Gasteiger partial charge < -0.3 is 24.5 Å². The largest absolute Gasteiger partial charge is 0.486 e. The van der Waals surface area contributed by atoms with Gasteiger partial charge in [-0.1, -0.05) is 23.7 Å². The lowest BCUT2D eigenvalue weighted by molar-refractivity contribution is -0.124. The Balaban J connectivity index is 1.41. The normalized spacial score (nSPS) is 15.6. The van der Waals surface area contributed by atoms with Crippen LogP contribution in [-0.2, 0) is 9.53 Å². The molecule has 0 radical (unpaired) electrons. The molecule has 0 bridgehead atoms. The number of rotatable bonds is 5. The standard InChI is InChI=1S/C16H15ClN2O5/c17-10-5-12(18-6-10)16(21)23-9-15(20)19-7-11-8-22-13-3-1-2-4-14(13)24-11/h1-6,11,18H,7-9H2,(H,19,20)/t11-/m0/s1. The van der Waals surface area contributed by atoms with E-state index in [1.165, 1.54) is 12.3 Å². The van der Waals surface area contributed by atoms with Crippen molar-refractivity contribution in [3.05, 3.63) is 47.2 Å². The maximum Gasteiger partial charge on any atom is 0.355 e. The highest BCUT2D eigenvalue weighted by Crippen LogP contribution is 2.30. The van der Waals surface area contributed by atoms with E-state index in [4.69, 9.17) is 25.8 Å². The molecule has 2 heterocycles. The summed E-state index contributed by atoms with van der Waals surface area (Å²) in [7, 11) is 0. The van der Waals surface area contributed by atoms with E-state index in [-0.39, 0.29) is 24.9 Å². The van der Waals surface area contributed by atoms with Gasteiger partial charge in [-0.25, -0.2) is 4.79 Å². The molecule has 0 saturated heterocycles. The van der Waals surface area contributed by atoms with Crippen LogP contribution in [0.3, 0.4) is 0 Å². The van der Waals surface area contributed by atoms with Gasteiger partial charge in [0.15, 0.2) is 18.1 Å². The molecule has 24 heavy (non-hydrogen) atoms. The summed E-state index contributed by atoms with van der Waals surface area (Å²) in [5, 5.41) is 3.03. The van der Waals surface area contributed by atoms with Crippen molar-refractivity contribution in [3.8, 4) is 11.5 Å². The number of esters is 1. The monoisotopic (exact) mass is 350 g/mol. The summed E-state index contributed by atoms with van der Waals surface area (Å²) in [6, 6.07) is 8.74. The first-order valence-electron chi connectivity index (χ1n) is 7.28. The van der Waals surface area contributed by atoms with E-state index >= 15 is 0 Å². The minimum absolute atomic E-state index is 0.188. The van der Waals surface area contributed by atoms with Gasteiger partial charge in [-0.3, -0.25) is 4.79 Å². The maximum atomic E-state index is 11.8. The average Bonchev–Trinajstić information content (AvgIpc) is 3.04. The number of ether oxygens (including phenoxy) is 3. The van der Waals surface area contributed by atoms with E-state index < -0.39 is 11.9 Å². The number of para-hydroxylation sites is 2. The van der Waals surface area contributed by atoms with Gasteiger partial charge in [0.05, 0.1) is 11.6 Å². The summed E-state index contributed by atoms with van der Waals surface area (Å²) in [6.07, 6.45) is 1.15. The van der Waals surface area contributed by atoms with Gasteiger partial charge in [-0.15, -0.1) is 0 Å². The summed E-state index contributed by atoms with van der Waals surface area (Å²) in [6.45, 7) is 0.191. The Morgan fingerprint density at radius 1 is 1.33 bits per heavy atom. The molecule has 1 aromatic carbocycles. The zero-order valence-corrected chi connectivity index (χ0v) is 13.3. The number of carbonyl (C=O) groups excluding carboxylic acids is 2. The van der Waals surface area contributed by atoms with Crippen molar-refractivity contribution in [2.24, 2.45) is 0 Å². The minimum Gasteiger partial charge on any atom is -0.486 e. The first kappa shape index (κ1) is 16.2. The van der Waals surface area contributed by atoms with Gasteiger partial charge in [-0.2, -0.15) is 0 Å². The first-order valence-corrected chi connectivity index (χ1v) is 7.66. The summed E-state index contributed by atoms with van der Waals surface area (Å²) in [4.78, 5) is 26.1. The molecule has 0 saturated carbocycles. The van der Waals surface area contributed by atoms with E-state index in [2.05, 4.69) is 10.3 Å². The van der Waals surface area contributed by atoms with Gasteiger partial charge in [0.2, 0.25) is 0 Å². The van der Waals surface area contributed by atoms with Gasteiger partial charge in [0.25, 0.3) is 5.91 Å². The highest BCUT2D eigenvalue weighted by molar-refractivity contribution is 6.30. The summed E-state index contributed by atoms with van der Waals surface area (Å²) >= 11 is 5.69. The molecule has 0 unspecified atom stereocenters. The van der Waals surface area contributed by atoms with Crippen molar-refractivity contribution in [2.45, 2.75) is 6.10 Å². The second-order valence-electron chi connectivity index (χ2n) is 5.11. The SMILES string of the molecule is O=C(COC(=O)c1cc(Cl)c[nH]1)NC[C@H]1COc2ccccc2O1. The summed E-state index contributed by atoms with van der Waals surface area (Å²) in [5.74, 6) is 0.239. The van der Waals surface area contributed by atoms with Gasteiger partial charge >= 0.3 is 5.97 Å². The molecule has 1 amide bonds. The third-order valence-corrected chi connectivity index (χ3v) is 3.51. The molecule has 8 heteroatoms. The van der Waals surface area contributed by atoms with Crippen LogP contribution in [0.25, 0.3) is 0 Å². The number of fused-ring (bicyclic) bond motifs is 1. The van der Waals surface area contributed by atoms with Crippen molar-refractivity contribution in [3.63, 3.8) is 0 Å². The molecule has 1 aliphatic rings. The Labute approximate surface area is 142 Å². The van der Waals surface area contributed by atoms with Crippen LogP contribution < -0.4 is 14.8 Å². The molecule has 1 aromatic heterocycles. The van der Waals surface area contributed by atoms with Crippen LogP contribution in [0, 0.1) is 0 Å². The zero-order chi connectivity index (χ0) is 16.9. The summed E-state index contributed by atoms with van der Waals surface area (Å²) < 4.78 is 16.1. The highest BCUT2D eigenvalue weighted by atomic mass is 35.5. The average molecular weight is 351 g/mol. The van der Waals surface area contributed by atoms with Gasteiger partial charge in [0, 0.05) is 6.20 Å². The van der Waals surface area contributed by atoms with Crippen LogP contribution in [0.4, 0.5) is 0 Å². The second-order valence-corrected chi connectivity index (χ2v) is 5.55. The van der Waals surface area contributed by atoms with Crippen molar-refractivity contribution >= 4 is 23.5 Å². The number of benzene rings is 1. The lowest BCUT2D eigenvalue weighted by Crippen LogP contribution is -2.42. The Kier molecular flexibility index (Phi) is 4.90. The number of aromatic amines is 1. The van der Waals surface area contributed by atoms with Gasteiger partial charge in [0.1, 0.15) is 18.4 Å². The number of carbonyl (C=O) groups is 2. The highest BCUT2D eigenvalue weighted by Gasteiger charge is 2.21. The molecular weight excluding hydrogens is 336 g/mol. The molecule has 2 N–H and O–H groups in total. The molecule has 0 spiro atoms. The quantitative estimate of drug-likeness (QED) is 0.802. The predicted octanol–water partition coefficient (Wildman–Crippen LogP) is 1.78. The van der Waals surface area contributed by atoms with Crippen molar-refractivity contribution in [1.82, 2.24) is 10.3 Å². The maximum absolute atomic E-state index is 11.8. The molecule has 2 aromatic rings. The zero-order valence-electron chi connectivity index (χ0n) is 12.6. The molecule has 0 aliphatic carbocycles. The lowest BCUT2D eigenvalue weighted by atomic mass is 10.2. The number of hydrogen-bond donors (Lipinski definition) is 2. The Morgan fingerprint density at radius 2 is 2.12 bits per heavy atom. The Hall–Kier alpha value is -2.67.